The van der Waals surface area contributed by atoms with Crippen molar-refractivity contribution in [3.8, 4) is 10.8 Å². The van der Waals surface area contributed by atoms with E-state index < -0.39 is 11.9 Å². The van der Waals surface area contributed by atoms with Gasteiger partial charge < -0.3 is 10.4 Å². The summed E-state index contributed by atoms with van der Waals surface area (Å²) in [5, 5.41) is 12.6. The van der Waals surface area contributed by atoms with Crippen molar-refractivity contribution in [1.82, 2.24) is 20.3 Å². The number of hydrogen-bond acceptors (Lipinski definition) is 6. The minimum absolute atomic E-state index is 0.277. The van der Waals surface area contributed by atoms with E-state index in [2.05, 4.69) is 20.3 Å². The summed E-state index contributed by atoms with van der Waals surface area (Å²) >= 11 is 1.22. The van der Waals surface area contributed by atoms with Crippen LogP contribution in [0.15, 0.2) is 18.5 Å². The summed E-state index contributed by atoms with van der Waals surface area (Å²) < 4.78 is 0. The molecular weight excluding hydrogens is 316 g/mol. The monoisotopic (exact) mass is 332 g/mol. The molecule has 1 aliphatic carbocycles. The number of rotatable bonds is 4. The zero-order valence-corrected chi connectivity index (χ0v) is 13.3. The number of aliphatic carboxylic acids is 1. The normalized spacial score (nSPS) is 20.4. The topological polar surface area (TPSA) is 105 Å². The van der Waals surface area contributed by atoms with Crippen LogP contribution in [0, 0.1) is 12.8 Å². The van der Waals surface area contributed by atoms with E-state index in [0.717, 1.165) is 6.42 Å². The number of nitrogens with one attached hydrogen (secondary N) is 1. The number of aryl methyl sites for hydroxylation is 1. The second kappa shape index (κ2) is 6.41. The van der Waals surface area contributed by atoms with E-state index >= 15 is 0 Å². The minimum Gasteiger partial charge on any atom is -0.481 e. The Hall–Kier alpha value is -2.35. The van der Waals surface area contributed by atoms with Gasteiger partial charge in [-0.25, -0.2) is 15.0 Å². The van der Waals surface area contributed by atoms with Gasteiger partial charge in [0.1, 0.15) is 4.88 Å². The van der Waals surface area contributed by atoms with E-state index in [0.29, 0.717) is 34.2 Å². The van der Waals surface area contributed by atoms with Crippen LogP contribution >= 0.6 is 11.3 Å². The maximum Gasteiger partial charge on any atom is 0.308 e. The molecular formula is C15H16N4O3S. The average molecular weight is 332 g/mol. The third-order valence-corrected chi connectivity index (χ3v) is 5.06. The first kappa shape index (κ1) is 15.5. The molecule has 0 saturated heterocycles. The zero-order chi connectivity index (χ0) is 16.4. The van der Waals surface area contributed by atoms with E-state index in [4.69, 9.17) is 0 Å². The van der Waals surface area contributed by atoms with Gasteiger partial charge >= 0.3 is 5.97 Å². The first-order chi connectivity index (χ1) is 11.1. The molecule has 1 fully saturated rings. The number of carbonyl (C=O) groups is 2. The van der Waals surface area contributed by atoms with Gasteiger partial charge in [-0.1, -0.05) is 6.42 Å². The van der Waals surface area contributed by atoms with Gasteiger partial charge in [-0.15, -0.1) is 11.3 Å². The fourth-order valence-electron chi connectivity index (χ4n) is 2.77. The van der Waals surface area contributed by atoms with Gasteiger partial charge in [0.05, 0.1) is 11.6 Å². The average Bonchev–Trinajstić information content (AvgIpc) is 3.14. The highest BCUT2D eigenvalue weighted by Gasteiger charge is 2.34. The summed E-state index contributed by atoms with van der Waals surface area (Å²) in [5.41, 5.74) is 0.597. The van der Waals surface area contributed by atoms with Crippen molar-refractivity contribution in [1.29, 1.82) is 0 Å². The summed E-state index contributed by atoms with van der Waals surface area (Å²) in [7, 11) is 0. The third kappa shape index (κ3) is 3.21. The molecule has 0 unspecified atom stereocenters. The number of carbonyl (C=O) groups excluding carboxylic acids is 1. The summed E-state index contributed by atoms with van der Waals surface area (Å²) in [6.45, 7) is 1.75. The van der Waals surface area contributed by atoms with Crippen LogP contribution in [0.2, 0.25) is 0 Å². The third-order valence-electron chi connectivity index (χ3n) is 3.91. The van der Waals surface area contributed by atoms with Gasteiger partial charge in [-0.3, -0.25) is 9.59 Å². The molecule has 2 aromatic heterocycles. The maximum atomic E-state index is 12.5. The van der Waals surface area contributed by atoms with E-state index in [9.17, 15) is 14.7 Å². The Bertz CT molecular complexity index is 732. The molecule has 0 aromatic carbocycles. The second-order valence-corrected chi connectivity index (χ2v) is 6.46. The van der Waals surface area contributed by atoms with Gasteiger partial charge in [-0.05, 0) is 25.8 Å². The Labute approximate surface area is 136 Å². The quantitative estimate of drug-likeness (QED) is 0.886. The smallest absolute Gasteiger partial charge is 0.308 e. The van der Waals surface area contributed by atoms with Crippen LogP contribution in [0.3, 0.4) is 0 Å². The van der Waals surface area contributed by atoms with Crippen molar-refractivity contribution in [3.63, 3.8) is 0 Å². The van der Waals surface area contributed by atoms with E-state index in [1.54, 1.807) is 25.4 Å². The molecule has 1 aliphatic rings. The minimum atomic E-state index is -0.854. The number of carboxylic acids is 1. The number of amides is 1. The van der Waals surface area contributed by atoms with Crippen molar-refractivity contribution < 1.29 is 14.7 Å². The van der Waals surface area contributed by atoms with Crippen LogP contribution < -0.4 is 5.32 Å². The molecule has 2 atom stereocenters. The van der Waals surface area contributed by atoms with Crippen LogP contribution in [0.1, 0.15) is 34.6 Å². The first-order valence-electron chi connectivity index (χ1n) is 7.34. The molecule has 120 valence electrons. The van der Waals surface area contributed by atoms with Crippen LogP contribution in [-0.2, 0) is 4.79 Å². The largest absolute Gasteiger partial charge is 0.481 e. The highest BCUT2D eigenvalue weighted by Crippen LogP contribution is 2.28. The lowest BCUT2D eigenvalue weighted by atomic mass is 10.0. The Balaban J connectivity index is 1.78. The summed E-state index contributed by atoms with van der Waals surface area (Å²) in [6, 6.07) is 1.39. The molecule has 0 bridgehead atoms. The van der Waals surface area contributed by atoms with Gasteiger partial charge in [0, 0.05) is 18.4 Å². The first-order valence-corrected chi connectivity index (χ1v) is 8.16. The van der Waals surface area contributed by atoms with E-state index in [1.165, 1.54) is 11.3 Å². The highest BCUT2D eigenvalue weighted by molar-refractivity contribution is 7.17. The zero-order valence-electron chi connectivity index (χ0n) is 12.5. The molecule has 3 rings (SSSR count). The lowest BCUT2D eigenvalue weighted by Gasteiger charge is -2.17. The summed E-state index contributed by atoms with van der Waals surface area (Å²) in [5.74, 6) is -1.17. The lowest BCUT2D eigenvalue weighted by Crippen LogP contribution is -2.40. The molecule has 1 amide bonds. The Morgan fingerprint density at radius 1 is 1.30 bits per heavy atom. The molecule has 0 radical (unpaired) electrons. The van der Waals surface area contributed by atoms with Crippen molar-refractivity contribution in [2.75, 3.05) is 0 Å². The standard InChI is InChI=1S/C15H16N4O3S/c1-8-11(23-14(18-8)12-16-6-3-7-17-12)13(20)19-10-5-2-4-9(10)15(21)22/h3,6-7,9-10H,2,4-5H2,1H3,(H,19,20)(H,21,22)/t9-,10-/m0/s1. The highest BCUT2D eigenvalue weighted by atomic mass is 32.1. The van der Waals surface area contributed by atoms with Crippen molar-refractivity contribution in [2.24, 2.45) is 5.92 Å². The fourth-order valence-corrected chi connectivity index (χ4v) is 3.69. The fraction of sp³-hybridized carbons (Fsp3) is 0.400. The number of aromatic nitrogens is 3. The number of carboxylic acid groups (broad SMARTS) is 1. The predicted molar refractivity (Wildman–Crippen MR) is 84.1 cm³/mol. The van der Waals surface area contributed by atoms with Crippen molar-refractivity contribution >= 4 is 23.2 Å². The SMILES string of the molecule is Cc1nc(-c2ncccn2)sc1C(=O)N[C@H]1CCC[C@@H]1C(=O)O. The molecule has 23 heavy (non-hydrogen) atoms. The lowest BCUT2D eigenvalue weighted by molar-refractivity contribution is -0.142. The number of nitrogens with zero attached hydrogens (tertiary/aromatic N) is 3. The van der Waals surface area contributed by atoms with Crippen molar-refractivity contribution in [3.05, 3.63) is 29.0 Å². The maximum absolute atomic E-state index is 12.5. The summed E-state index contributed by atoms with van der Waals surface area (Å²) in [4.78, 5) is 36.7. The Kier molecular flexibility index (Phi) is 4.33. The van der Waals surface area contributed by atoms with Crippen molar-refractivity contribution in [2.45, 2.75) is 32.2 Å². The van der Waals surface area contributed by atoms with Gasteiger partial charge in [-0.2, -0.15) is 0 Å². The van der Waals surface area contributed by atoms with Gasteiger partial charge in [0.2, 0.25) is 0 Å². The molecule has 2 aromatic rings. The molecule has 0 spiro atoms. The van der Waals surface area contributed by atoms with Crippen LogP contribution in [-0.4, -0.2) is 38.0 Å². The van der Waals surface area contributed by atoms with Crippen LogP contribution in [0.5, 0.6) is 0 Å². The number of hydrogen-bond donors (Lipinski definition) is 2. The van der Waals surface area contributed by atoms with Gasteiger partial charge in [0.15, 0.2) is 10.8 Å². The van der Waals surface area contributed by atoms with E-state index in [1.807, 2.05) is 0 Å². The predicted octanol–water partition coefficient (Wildman–Crippen LogP) is 1.89. The van der Waals surface area contributed by atoms with Crippen LogP contribution in [0.25, 0.3) is 10.8 Å². The van der Waals surface area contributed by atoms with Gasteiger partial charge in [0.25, 0.3) is 5.91 Å². The van der Waals surface area contributed by atoms with E-state index in [-0.39, 0.29) is 11.9 Å². The van der Waals surface area contributed by atoms with Crippen LogP contribution in [0.4, 0.5) is 0 Å². The summed E-state index contributed by atoms with van der Waals surface area (Å²) in [6.07, 6.45) is 5.34. The molecule has 1 saturated carbocycles. The molecule has 8 heteroatoms. The molecule has 7 nitrogen and oxygen atoms in total. The second-order valence-electron chi connectivity index (χ2n) is 5.46. The molecule has 2 heterocycles. The molecule has 0 aliphatic heterocycles. The number of thiazole rings is 1. The Morgan fingerprint density at radius 2 is 2.04 bits per heavy atom. The Morgan fingerprint density at radius 3 is 2.74 bits per heavy atom. The molecule has 2 N–H and O–H groups in total.